The van der Waals surface area contributed by atoms with Gasteiger partial charge in [-0.3, -0.25) is 4.98 Å². The summed E-state index contributed by atoms with van der Waals surface area (Å²) in [4.78, 5) is 6.96. The highest BCUT2D eigenvalue weighted by Gasteiger charge is 2.60. The SMILES string of the molecule is CC(C)C(c1cc(Br)cc2c1OCC2)C(O)(Cc1cc2ccncc2[nH]1)C(F)(F)F. The number of alkyl halides is 3. The van der Waals surface area contributed by atoms with Gasteiger partial charge in [-0.25, -0.2) is 0 Å². The molecule has 4 nitrogen and oxygen atoms in total. The summed E-state index contributed by atoms with van der Waals surface area (Å²) < 4.78 is 49.8. The highest BCUT2D eigenvalue weighted by atomic mass is 79.9. The maximum Gasteiger partial charge on any atom is 0.418 e. The van der Waals surface area contributed by atoms with E-state index in [2.05, 4.69) is 25.9 Å². The van der Waals surface area contributed by atoms with E-state index >= 15 is 0 Å². The van der Waals surface area contributed by atoms with E-state index in [9.17, 15) is 18.3 Å². The van der Waals surface area contributed by atoms with E-state index in [1.54, 1.807) is 44.4 Å². The van der Waals surface area contributed by atoms with Gasteiger partial charge in [0.2, 0.25) is 0 Å². The first-order chi connectivity index (χ1) is 14.1. The molecule has 0 saturated heterocycles. The number of halogens is 4. The van der Waals surface area contributed by atoms with Gasteiger partial charge in [-0.1, -0.05) is 29.8 Å². The maximum atomic E-state index is 14.5. The van der Waals surface area contributed by atoms with Gasteiger partial charge in [-0.2, -0.15) is 13.2 Å². The van der Waals surface area contributed by atoms with Crippen LogP contribution in [0.4, 0.5) is 13.2 Å². The van der Waals surface area contributed by atoms with Crippen LogP contribution in [0.1, 0.15) is 36.6 Å². The first-order valence-electron chi connectivity index (χ1n) is 9.76. The molecule has 0 saturated carbocycles. The lowest BCUT2D eigenvalue weighted by molar-refractivity contribution is -0.272. The zero-order valence-corrected chi connectivity index (χ0v) is 18.1. The van der Waals surface area contributed by atoms with Crippen LogP contribution in [-0.4, -0.2) is 33.5 Å². The molecule has 3 aromatic rings. The number of aliphatic hydroxyl groups is 1. The summed E-state index contributed by atoms with van der Waals surface area (Å²) in [6.07, 6.45) is -1.69. The first kappa shape index (κ1) is 21.2. The van der Waals surface area contributed by atoms with Gasteiger partial charge in [-0.05, 0) is 35.7 Å². The molecule has 0 spiro atoms. The molecule has 2 aromatic heterocycles. The summed E-state index contributed by atoms with van der Waals surface area (Å²) >= 11 is 3.41. The Morgan fingerprint density at radius 3 is 2.70 bits per heavy atom. The summed E-state index contributed by atoms with van der Waals surface area (Å²) in [5, 5.41) is 12.0. The average molecular weight is 483 g/mol. The van der Waals surface area contributed by atoms with Crippen molar-refractivity contribution in [1.29, 1.82) is 0 Å². The zero-order chi connectivity index (χ0) is 21.7. The number of H-pyrrole nitrogens is 1. The number of hydrogen-bond acceptors (Lipinski definition) is 3. The van der Waals surface area contributed by atoms with Crippen molar-refractivity contribution in [2.75, 3.05) is 6.61 Å². The van der Waals surface area contributed by atoms with Crippen LogP contribution in [-0.2, 0) is 12.8 Å². The van der Waals surface area contributed by atoms with Crippen molar-refractivity contribution >= 4 is 26.8 Å². The van der Waals surface area contributed by atoms with Crippen LogP contribution in [0.25, 0.3) is 10.9 Å². The molecule has 1 aromatic carbocycles. The standard InChI is InChI=1S/C22H22BrF3N2O2/c1-12(2)19(17-9-15(23)7-14-4-6-30-20(14)17)21(29,22(24,25)26)10-16-8-13-3-5-27-11-18(13)28-16/h3,5,7-9,11-12,19,28-29H,4,6,10H2,1-2H3. The van der Waals surface area contributed by atoms with Crippen molar-refractivity contribution < 1.29 is 23.0 Å². The number of hydrogen-bond donors (Lipinski definition) is 2. The van der Waals surface area contributed by atoms with Gasteiger partial charge in [0, 0.05) is 46.1 Å². The van der Waals surface area contributed by atoms with Crippen molar-refractivity contribution in [1.82, 2.24) is 9.97 Å². The summed E-state index contributed by atoms with van der Waals surface area (Å²) in [7, 11) is 0. The van der Waals surface area contributed by atoms with Crippen molar-refractivity contribution in [2.24, 2.45) is 5.92 Å². The zero-order valence-electron chi connectivity index (χ0n) is 16.6. The minimum Gasteiger partial charge on any atom is -0.493 e. The number of nitrogens with zero attached hydrogens (tertiary/aromatic N) is 1. The Hall–Kier alpha value is -2.06. The van der Waals surface area contributed by atoms with E-state index in [0.717, 1.165) is 10.9 Å². The number of ether oxygens (including phenoxy) is 1. The predicted molar refractivity (Wildman–Crippen MR) is 112 cm³/mol. The number of aromatic nitrogens is 2. The molecular formula is C22H22BrF3N2O2. The third-order valence-electron chi connectivity index (χ3n) is 5.72. The Bertz CT molecular complexity index is 1050. The molecule has 0 radical (unpaired) electrons. The van der Waals surface area contributed by atoms with Crippen LogP contribution >= 0.6 is 15.9 Å². The lowest BCUT2D eigenvalue weighted by atomic mass is 9.72. The lowest BCUT2D eigenvalue weighted by Gasteiger charge is -2.40. The van der Waals surface area contributed by atoms with Gasteiger partial charge in [-0.15, -0.1) is 0 Å². The van der Waals surface area contributed by atoms with Crippen molar-refractivity contribution in [3.05, 3.63) is 58.0 Å². The number of rotatable bonds is 5. The number of pyridine rings is 1. The molecular weight excluding hydrogens is 461 g/mol. The van der Waals surface area contributed by atoms with E-state index < -0.39 is 30.0 Å². The second-order valence-electron chi connectivity index (χ2n) is 8.16. The molecule has 4 rings (SSSR count). The molecule has 1 aliphatic heterocycles. The Labute approximate surface area is 180 Å². The third-order valence-corrected chi connectivity index (χ3v) is 6.18. The molecule has 0 aliphatic carbocycles. The summed E-state index contributed by atoms with van der Waals surface area (Å²) in [5.41, 5.74) is -0.827. The Kier molecular flexibility index (Phi) is 5.34. The molecule has 8 heteroatoms. The maximum absolute atomic E-state index is 14.5. The number of benzene rings is 1. The second kappa shape index (κ2) is 7.57. The average Bonchev–Trinajstić information content (AvgIpc) is 3.26. The van der Waals surface area contributed by atoms with Gasteiger partial charge in [0.1, 0.15) is 5.75 Å². The van der Waals surface area contributed by atoms with Crippen molar-refractivity contribution in [3.63, 3.8) is 0 Å². The number of nitrogens with one attached hydrogen (secondary N) is 1. The molecule has 30 heavy (non-hydrogen) atoms. The molecule has 3 heterocycles. The summed E-state index contributed by atoms with van der Waals surface area (Å²) in [5.74, 6) is -1.25. The lowest BCUT2D eigenvalue weighted by Crippen LogP contribution is -2.53. The highest BCUT2D eigenvalue weighted by Crippen LogP contribution is 2.51. The van der Waals surface area contributed by atoms with Crippen LogP contribution in [0.2, 0.25) is 0 Å². The van der Waals surface area contributed by atoms with E-state index in [4.69, 9.17) is 4.74 Å². The third kappa shape index (κ3) is 3.60. The van der Waals surface area contributed by atoms with E-state index in [1.165, 1.54) is 0 Å². The fourth-order valence-corrected chi connectivity index (χ4v) is 5.02. The molecule has 0 amide bonds. The monoisotopic (exact) mass is 482 g/mol. The molecule has 1 aliphatic rings. The minimum atomic E-state index is -4.86. The summed E-state index contributed by atoms with van der Waals surface area (Å²) in [6, 6.07) is 6.85. The van der Waals surface area contributed by atoms with Crippen molar-refractivity contribution in [3.8, 4) is 5.75 Å². The minimum absolute atomic E-state index is 0.302. The number of aromatic amines is 1. The highest BCUT2D eigenvalue weighted by molar-refractivity contribution is 9.10. The van der Waals surface area contributed by atoms with Gasteiger partial charge >= 0.3 is 6.18 Å². The Morgan fingerprint density at radius 2 is 2.03 bits per heavy atom. The summed E-state index contributed by atoms with van der Waals surface area (Å²) in [6.45, 7) is 3.81. The molecule has 2 N–H and O–H groups in total. The smallest absolute Gasteiger partial charge is 0.418 e. The second-order valence-corrected chi connectivity index (χ2v) is 9.08. The quantitative estimate of drug-likeness (QED) is 0.502. The molecule has 160 valence electrons. The Balaban J connectivity index is 1.85. The van der Waals surface area contributed by atoms with Gasteiger partial charge in [0.15, 0.2) is 5.60 Å². The number of fused-ring (bicyclic) bond motifs is 2. The molecule has 2 unspecified atom stereocenters. The van der Waals surface area contributed by atoms with Gasteiger partial charge in [0.25, 0.3) is 0 Å². The van der Waals surface area contributed by atoms with E-state index in [-0.39, 0.29) is 0 Å². The van der Waals surface area contributed by atoms with Crippen LogP contribution in [0, 0.1) is 5.92 Å². The van der Waals surface area contributed by atoms with Gasteiger partial charge < -0.3 is 14.8 Å². The topological polar surface area (TPSA) is 58.1 Å². The van der Waals surface area contributed by atoms with Crippen LogP contribution < -0.4 is 4.74 Å². The van der Waals surface area contributed by atoms with Gasteiger partial charge in [0.05, 0.1) is 18.3 Å². The Morgan fingerprint density at radius 1 is 1.27 bits per heavy atom. The fraction of sp³-hybridized carbons (Fsp3) is 0.409. The molecule has 0 fully saturated rings. The molecule has 2 atom stereocenters. The normalized spacial score (nSPS) is 17.1. The fourth-order valence-electron chi connectivity index (χ4n) is 4.50. The van der Waals surface area contributed by atoms with E-state index in [0.29, 0.717) is 40.0 Å². The van der Waals surface area contributed by atoms with Crippen molar-refractivity contribution in [2.45, 2.75) is 44.4 Å². The predicted octanol–water partition coefficient (Wildman–Crippen LogP) is 5.54. The largest absolute Gasteiger partial charge is 0.493 e. The van der Waals surface area contributed by atoms with Crippen LogP contribution in [0.3, 0.4) is 0 Å². The van der Waals surface area contributed by atoms with Crippen LogP contribution in [0.5, 0.6) is 5.75 Å². The van der Waals surface area contributed by atoms with Crippen LogP contribution in [0.15, 0.2) is 41.1 Å². The van der Waals surface area contributed by atoms with E-state index in [1.807, 2.05) is 6.07 Å². The first-order valence-corrected chi connectivity index (χ1v) is 10.6. The molecule has 0 bridgehead atoms.